The molecule has 0 fully saturated rings. The van der Waals surface area contributed by atoms with E-state index in [9.17, 15) is 9.59 Å². The highest BCUT2D eigenvalue weighted by Crippen LogP contribution is 2.21. The lowest BCUT2D eigenvalue weighted by atomic mass is 10.1. The van der Waals surface area contributed by atoms with Crippen LogP contribution in [0.5, 0.6) is 0 Å². The molecule has 0 bridgehead atoms. The molecule has 0 spiro atoms. The Balaban J connectivity index is 2.48. The summed E-state index contributed by atoms with van der Waals surface area (Å²) >= 11 is 0. The topological polar surface area (TPSA) is 86.4 Å². The van der Waals surface area contributed by atoms with E-state index < -0.39 is 5.54 Å². The molecule has 0 atom stereocenters. The van der Waals surface area contributed by atoms with Crippen LogP contribution in [-0.4, -0.2) is 34.7 Å². The van der Waals surface area contributed by atoms with Crippen molar-refractivity contribution in [3.05, 3.63) is 28.0 Å². The van der Waals surface area contributed by atoms with Gasteiger partial charge in [-0.05, 0) is 34.1 Å². The monoisotopic (exact) mass is 321 g/mol. The number of fused-ring (bicyclic) bond motifs is 1. The number of nitrogens with zero attached hydrogens (tertiary/aromatic N) is 2. The van der Waals surface area contributed by atoms with E-state index in [-0.39, 0.29) is 28.1 Å². The first-order valence-electron chi connectivity index (χ1n) is 7.54. The van der Waals surface area contributed by atoms with Crippen LogP contribution in [-0.2, 0) is 11.3 Å². The quantitative estimate of drug-likeness (QED) is 0.850. The van der Waals surface area contributed by atoms with Crippen LogP contribution in [0.1, 0.15) is 43.3 Å². The van der Waals surface area contributed by atoms with Gasteiger partial charge in [-0.3, -0.25) is 14.2 Å². The van der Waals surface area contributed by atoms with Crippen molar-refractivity contribution in [1.82, 2.24) is 14.9 Å². The number of aryl methyl sites for hydroxylation is 2. The van der Waals surface area contributed by atoms with Gasteiger partial charge in [0.25, 0.3) is 11.5 Å². The molecule has 1 N–H and O–H groups in total. The molecule has 2 aromatic heterocycles. The lowest BCUT2D eigenvalue weighted by Gasteiger charge is -2.20. The molecule has 0 aliphatic rings. The van der Waals surface area contributed by atoms with Crippen molar-refractivity contribution < 1.29 is 13.9 Å². The van der Waals surface area contributed by atoms with E-state index in [2.05, 4.69) is 10.3 Å². The molecule has 23 heavy (non-hydrogen) atoms. The van der Waals surface area contributed by atoms with Crippen LogP contribution in [0.3, 0.4) is 0 Å². The molecule has 0 saturated carbocycles. The zero-order chi connectivity index (χ0) is 17.2. The molecular formula is C16H23N3O4. The van der Waals surface area contributed by atoms with Crippen LogP contribution in [0.15, 0.2) is 15.5 Å². The molecule has 0 aromatic carbocycles. The summed E-state index contributed by atoms with van der Waals surface area (Å²) in [6.07, 6.45) is 2.12. The largest absolute Gasteiger partial charge is 0.442 e. The Kier molecular flexibility index (Phi) is 4.89. The van der Waals surface area contributed by atoms with Crippen molar-refractivity contribution in [3.8, 4) is 0 Å². The van der Waals surface area contributed by atoms with Crippen molar-refractivity contribution in [2.24, 2.45) is 0 Å². The number of hydrogen-bond acceptors (Lipinski definition) is 5. The summed E-state index contributed by atoms with van der Waals surface area (Å²) < 4.78 is 12.0. The van der Waals surface area contributed by atoms with Crippen LogP contribution in [0.2, 0.25) is 0 Å². The predicted octanol–water partition coefficient (Wildman–Crippen LogP) is 1.86. The van der Waals surface area contributed by atoms with Gasteiger partial charge in [-0.15, -0.1) is 0 Å². The zero-order valence-corrected chi connectivity index (χ0v) is 14.2. The minimum atomic E-state index is -0.410. The van der Waals surface area contributed by atoms with Gasteiger partial charge >= 0.3 is 0 Å². The predicted molar refractivity (Wildman–Crippen MR) is 86.7 cm³/mol. The van der Waals surface area contributed by atoms with Crippen molar-refractivity contribution in [2.75, 3.05) is 13.7 Å². The van der Waals surface area contributed by atoms with Crippen LogP contribution in [0, 0.1) is 6.92 Å². The number of ether oxygens (including phenoxy) is 1. The van der Waals surface area contributed by atoms with Crippen LogP contribution in [0.25, 0.3) is 11.1 Å². The number of hydrogen-bond donors (Lipinski definition) is 1. The Morgan fingerprint density at radius 1 is 1.43 bits per heavy atom. The third-order valence-electron chi connectivity index (χ3n) is 3.32. The van der Waals surface area contributed by atoms with E-state index in [1.165, 1.54) is 10.9 Å². The summed E-state index contributed by atoms with van der Waals surface area (Å²) in [4.78, 5) is 29.3. The highest BCUT2D eigenvalue weighted by molar-refractivity contribution is 6.06. The first kappa shape index (κ1) is 17.2. The Morgan fingerprint density at radius 2 is 2.13 bits per heavy atom. The minimum absolute atomic E-state index is 0.189. The molecule has 2 heterocycles. The molecule has 0 aliphatic heterocycles. The van der Waals surface area contributed by atoms with Crippen LogP contribution in [0.4, 0.5) is 0 Å². The Hall–Kier alpha value is -2.15. The number of nitrogens with one attached hydrogen (secondary N) is 1. The summed E-state index contributed by atoms with van der Waals surface area (Å²) in [5.41, 5.74) is -0.239. The van der Waals surface area contributed by atoms with Crippen molar-refractivity contribution in [3.63, 3.8) is 0 Å². The SMILES string of the molecule is COCCCn1cnc2oc(C)c(C(=O)NC(C)(C)C)c2c1=O. The third-order valence-corrected chi connectivity index (χ3v) is 3.32. The summed E-state index contributed by atoms with van der Waals surface area (Å²) in [7, 11) is 1.61. The molecular weight excluding hydrogens is 298 g/mol. The molecule has 0 radical (unpaired) electrons. The van der Waals surface area contributed by atoms with Crippen molar-refractivity contribution in [1.29, 1.82) is 0 Å². The summed E-state index contributed by atoms with van der Waals surface area (Å²) in [5, 5.41) is 3.08. The highest BCUT2D eigenvalue weighted by Gasteiger charge is 2.25. The van der Waals surface area contributed by atoms with Gasteiger partial charge in [-0.1, -0.05) is 0 Å². The normalized spacial score (nSPS) is 11.9. The number of aromatic nitrogens is 2. The van der Waals surface area contributed by atoms with E-state index in [0.717, 1.165) is 0 Å². The molecule has 1 amide bonds. The van der Waals surface area contributed by atoms with Crippen molar-refractivity contribution in [2.45, 2.75) is 46.2 Å². The fraction of sp³-hybridized carbons (Fsp3) is 0.562. The van der Waals surface area contributed by atoms with Gasteiger partial charge in [-0.25, -0.2) is 4.98 Å². The van der Waals surface area contributed by atoms with Gasteiger partial charge < -0.3 is 14.5 Å². The number of methoxy groups -OCH3 is 1. The van der Waals surface area contributed by atoms with Gasteiger partial charge in [-0.2, -0.15) is 0 Å². The minimum Gasteiger partial charge on any atom is -0.442 e. The van der Waals surface area contributed by atoms with Gasteiger partial charge in [0.2, 0.25) is 5.71 Å². The number of rotatable bonds is 5. The number of furan rings is 1. The van der Waals surface area contributed by atoms with E-state index in [0.29, 0.717) is 25.3 Å². The number of carbonyl (C=O) groups excluding carboxylic acids is 1. The smallest absolute Gasteiger partial charge is 0.265 e. The molecule has 126 valence electrons. The molecule has 7 nitrogen and oxygen atoms in total. The van der Waals surface area contributed by atoms with E-state index in [1.807, 2.05) is 20.8 Å². The Bertz CT molecular complexity index is 768. The van der Waals surface area contributed by atoms with E-state index in [1.54, 1.807) is 14.0 Å². The maximum Gasteiger partial charge on any atom is 0.265 e. The maximum atomic E-state index is 12.7. The third kappa shape index (κ3) is 3.79. The molecule has 2 aromatic rings. The fourth-order valence-electron chi connectivity index (χ4n) is 2.35. The van der Waals surface area contributed by atoms with E-state index in [4.69, 9.17) is 9.15 Å². The Labute approximate surface area is 134 Å². The summed E-state index contributed by atoms with van der Waals surface area (Å²) in [6, 6.07) is 0. The highest BCUT2D eigenvalue weighted by atomic mass is 16.5. The average Bonchev–Trinajstić information content (AvgIpc) is 2.77. The van der Waals surface area contributed by atoms with E-state index >= 15 is 0 Å². The zero-order valence-electron chi connectivity index (χ0n) is 14.2. The van der Waals surface area contributed by atoms with Gasteiger partial charge in [0.15, 0.2) is 0 Å². The number of amides is 1. The van der Waals surface area contributed by atoms with Crippen LogP contribution < -0.4 is 10.9 Å². The van der Waals surface area contributed by atoms with Crippen molar-refractivity contribution >= 4 is 17.0 Å². The molecule has 0 aliphatic carbocycles. The summed E-state index contributed by atoms with van der Waals surface area (Å²) in [5.74, 6) is 0.0586. The molecule has 0 unspecified atom stereocenters. The molecule has 7 heteroatoms. The fourth-order valence-corrected chi connectivity index (χ4v) is 2.35. The second-order valence-corrected chi connectivity index (χ2v) is 6.51. The molecule has 2 rings (SSSR count). The molecule has 0 saturated heterocycles. The standard InChI is InChI=1S/C16H23N3O4/c1-10-11(13(20)18-16(2,3)4)12-14(23-10)17-9-19(15(12)21)7-6-8-22-5/h9H,6-8H2,1-5H3,(H,18,20). The second-order valence-electron chi connectivity index (χ2n) is 6.51. The lowest BCUT2D eigenvalue weighted by molar-refractivity contribution is 0.0919. The first-order valence-corrected chi connectivity index (χ1v) is 7.54. The van der Waals surface area contributed by atoms with Gasteiger partial charge in [0, 0.05) is 25.8 Å². The van der Waals surface area contributed by atoms with Gasteiger partial charge in [0.1, 0.15) is 17.5 Å². The average molecular weight is 321 g/mol. The van der Waals surface area contributed by atoms with Gasteiger partial charge in [0.05, 0.1) is 5.56 Å². The van der Waals surface area contributed by atoms with Crippen LogP contribution >= 0.6 is 0 Å². The first-order chi connectivity index (χ1) is 10.7. The lowest BCUT2D eigenvalue weighted by Crippen LogP contribution is -2.41. The Morgan fingerprint density at radius 3 is 2.74 bits per heavy atom. The second kappa shape index (κ2) is 6.54. The summed E-state index contributed by atoms with van der Waals surface area (Å²) in [6.45, 7) is 8.32. The maximum absolute atomic E-state index is 12.7. The number of carbonyl (C=O) groups is 1.